The first-order chi connectivity index (χ1) is 9.83. The minimum atomic E-state index is 0.533. The SMILES string of the molecule is CC(CNc1ncc2ccccc2n1)N1CCCCC1. The van der Waals surface area contributed by atoms with Gasteiger partial charge in [-0.15, -0.1) is 0 Å². The second-order valence-corrected chi connectivity index (χ2v) is 5.58. The standard InChI is InChI=1S/C16H22N4/c1-13(20-9-5-2-6-10-20)11-17-16-18-12-14-7-3-4-8-15(14)19-16/h3-4,7-8,12-13H,2,5-6,9-11H2,1H3,(H,17,18,19). The number of benzene rings is 1. The smallest absolute Gasteiger partial charge is 0.223 e. The van der Waals surface area contributed by atoms with Crippen molar-refractivity contribution in [3.63, 3.8) is 0 Å². The van der Waals surface area contributed by atoms with Gasteiger partial charge in [0.15, 0.2) is 0 Å². The Labute approximate surface area is 120 Å². The molecule has 4 heteroatoms. The molecule has 106 valence electrons. The zero-order valence-corrected chi connectivity index (χ0v) is 12.0. The van der Waals surface area contributed by atoms with Crippen molar-refractivity contribution < 1.29 is 0 Å². The van der Waals surface area contributed by atoms with Gasteiger partial charge in [-0.05, 0) is 38.9 Å². The molecule has 1 unspecified atom stereocenters. The summed E-state index contributed by atoms with van der Waals surface area (Å²) >= 11 is 0. The van der Waals surface area contributed by atoms with E-state index in [0.29, 0.717) is 6.04 Å². The lowest BCUT2D eigenvalue weighted by Gasteiger charge is -2.32. The number of fused-ring (bicyclic) bond motifs is 1. The van der Waals surface area contributed by atoms with E-state index in [9.17, 15) is 0 Å². The molecule has 0 aliphatic carbocycles. The van der Waals surface area contributed by atoms with Crippen LogP contribution in [0, 0.1) is 0 Å². The van der Waals surface area contributed by atoms with Gasteiger partial charge in [0, 0.05) is 24.2 Å². The van der Waals surface area contributed by atoms with Crippen LogP contribution in [-0.4, -0.2) is 40.5 Å². The second-order valence-electron chi connectivity index (χ2n) is 5.58. The van der Waals surface area contributed by atoms with Crippen molar-refractivity contribution in [1.82, 2.24) is 14.9 Å². The molecule has 1 aliphatic heterocycles. The van der Waals surface area contributed by atoms with Gasteiger partial charge in [0.25, 0.3) is 0 Å². The molecule has 2 heterocycles. The average molecular weight is 270 g/mol. The van der Waals surface area contributed by atoms with Crippen molar-refractivity contribution in [3.8, 4) is 0 Å². The lowest BCUT2D eigenvalue weighted by Crippen LogP contribution is -2.41. The Hall–Kier alpha value is -1.68. The van der Waals surface area contributed by atoms with Crippen molar-refractivity contribution in [2.24, 2.45) is 0 Å². The van der Waals surface area contributed by atoms with E-state index in [0.717, 1.165) is 23.4 Å². The Balaban J connectivity index is 1.61. The molecule has 1 N–H and O–H groups in total. The molecule has 1 aromatic carbocycles. The highest BCUT2D eigenvalue weighted by molar-refractivity contribution is 5.78. The topological polar surface area (TPSA) is 41.1 Å². The van der Waals surface area contributed by atoms with Gasteiger partial charge < -0.3 is 5.32 Å². The lowest BCUT2D eigenvalue weighted by atomic mass is 10.1. The van der Waals surface area contributed by atoms with E-state index < -0.39 is 0 Å². The number of nitrogens with zero attached hydrogens (tertiary/aromatic N) is 3. The molecule has 20 heavy (non-hydrogen) atoms. The van der Waals surface area contributed by atoms with Crippen LogP contribution in [0.2, 0.25) is 0 Å². The van der Waals surface area contributed by atoms with Crippen LogP contribution in [0.5, 0.6) is 0 Å². The van der Waals surface area contributed by atoms with Gasteiger partial charge in [-0.1, -0.05) is 24.6 Å². The number of rotatable bonds is 4. The van der Waals surface area contributed by atoms with E-state index in [4.69, 9.17) is 0 Å². The van der Waals surface area contributed by atoms with Gasteiger partial charge in [0.2, 0.25) is 5.95 Å². The Morgan fingerprint density at radius 3 is 2.85 bits per heavy atom. The maximum Gasteiger partial charge on any atom is 0.223 e. The van der Waals surface area contributed by atoms with Gasteiger partial charge in [0.05, 0.1) is 5.52 Å². The predicted octanol–water partition coefficient (Wildman–Crippen LogP) is 2.92. The molecule has 0 radical (unpaired) electrons. The summed E-state index contributed by atoms with van der Waals surface area (Å²) in [5.41, 5.74) is 0.996. The number of piperidine rings is 1. The average Bonchev–Trinajstić information content (AvgIpc) is 2.53. The predicted molar refractivity (Wildman–Crippen MR) is 82.9 cm³/mol. The van der Waals surface area contributed by atoms with Crippen molar-refractivity contribution in [2.75, 3.05) is 25.0 Å². The monoisotopic (exact) mass is 270 g/mol. The van der Waals surface area contributed by atoms with Crippen LogP contribution in [0.15, 0.2) is 30.5 Å². The van der Waals surface area contributed by atoms with Crippen LogP contribution in [0.3, 0.4) is 0 Å². The Morgan fingerprint density at radius 1 is 1.20 bits per heavy atom. The summed E-state index contributed by atoms with van der Waals surface area (Å²) in [6.45, 7) is 5.63. The number of hydrogen-bond donors (Lipinski definition) is 1. The van der Waals surface area contributed by atoms with Crippen LogP contribution in [0.25, 0.3) is 10.9 Å². The van der Waals surface area contributed by atoms with Crippen molar-refractivity contribution >= 4 is 16.9 Å². The number of para-hydroxylation sites is 1. The molecule has 0 amide bonds. The van der Waals surface area contributed by atoms with Crippen molar-refractivity contribution in [1.29, 1.82) is 0 Å². The lowest BCUT2D eigenvalue weighted by molar-refractivity contribution is 0.180. The molecule has 1 fully saturated rings. The first kappa shape index (κ1) is 13.3. The quantitative estimate of drug-likeness (QED) is 0.927. The fraction of sp³-hybridized carbons (Fsp3) is 0.500. The first-order valence-corrected chi connectivity index (χ1v) is 7.52. The Morgan fingerprint density at radius 2 is 2.00 bits per heavy atom. The molecule has 0 spiro atoms. The molecular weight excluding hydrogens is 248 g/mol. The molecule has 1 saturated heterocycles. The van der Waals surface area contributed by atoms with E-state index in [1.165, 1.54) is 32.4 Å². The number of aromatic nitrogens is 2. The summed E-state index contributed by atoms with van der Waals surface area (Å²) in [6.07, 6.45) is 5.92. The molecule has 4 nitrogen and oxygen atoms in total. The summed E-state index contributed by atoms with van der Waals surface area (Å²) in [6, 6.07) is 8.61. The summed E-state index contributed by atoms with van der Waals surface area (Å²) in [5, 5.41) is 4.46. The maximum atomic E-state index is 4.55. The summed E-state index contributed by atoms with van der Waals surface area (Å²) in [7, 11) is 0. The third kappa shape index (κ3) is 3.07. The third-order valence-corrected chi connectivity index (χ3v) is 4.06. The first-order valence-electron chi connectivity index (χ1n) is 7.52. The largest absolute Gasteiger partial charge is 0.353 e. The normalized spacial score (nSPS) is 18.1. The number of nitrogens with one attached hydrogen (secondary N) is 1. The van der Waals surface area contributed by atoms with E-state index in [1.807, 2.05) is 30.5 Å². The van der Waals surface area contributed by atoms with E-state index in [1.54, 1.807) is 0 Å². The van der Waals surface area contributed by atoms with E-state index in [2.05, 4.69) is 27.1 Å². The highest BCUT2D eigenvalue weighted by Gasteiger charge is 2.16. The summed E-state index contributed by atoms with van der Waals surface area (Å²) < 4.78 is 0. The van der Waals surface area contributed by atoms with Crippen LogP contribution in [-0.2, 0) is 0 Å². The highest BCUT2D eigenvalue weighted by atomic mass is 15.2. The second kappa shape index (κ2) is 6.18. The molecule has 3 rings (SSSR count). The van der Waals surface area contributed by atoms with Gasteiger partial charge in [-0.25, -0.2) is 9.97 Å². The molecule has 2 aromatic rings. The molecular formula is C16H22N4. The molecule has 0 bridgehead atoms. The minimum Gasteiger partial charge on any atom is -0.353 e. The van der Waals surface area contributed by atoms with Gasteiger partial charge in [-0.3, -0.25) is 4.90 Å². The maximum absolute atomic E-state index is 4.55. The van der Waals surface area contributed by atoms with E-state index >= 15 is 0 Å². The number of anilines is 1. The molecule has 1 aromatic heterocycles. The third-order valence-electron chi connectivity index (χ3n) is 4.06. The Bertz CT molecular complexity index is 563. The van der Waals surface area contributed by atoms with Crippen LogP contribution in [0.1, 0.15) is 26.2 Å². The highest BCUT2D eigenvalue weighted by Crippen LogP contribution is 2.14. The van der Waals surface area contributed by atoms with Crippen LogP contribution >= 0.6 is 0 Å². The van der Waals surface area contributed by atoms with Gasteiger partial charge in [-0.2, -0.15) is 0 Å². The fourth-order valence-corrected chi connectivity index (χ4v) is 2.78. The van der Waals surface area contributed by atoms with Crippen molar-refractivity contribution in [2.45, 2.75) is 32.2 Å². The fourth-order valence-electron chi connectivity index (χ4n) is 2.78. The molecule has 1 aliphatic rings. The summed E-state index contributed by atoms with van der Waals surface area (Å²) in [5.74, 6) is 0.729. The van der Waals surface area contributed by atoms with Crippen LogP contribution in [0.4, 0.5) is 5.95 Å². The zero-order chi connectivity index (χ0) is 13.8. The Kier molecular flexibility index (Phi) is 4.11. The molecule has 1 atom stereocenters. The number of hydrogen-bond acceptors (Lipinski definition) is 4. The zero-order valence-electron chi connectivity index (χ0n) is 12.0. The van der Waals surface area contributed by atoms with Crippen molar-refractivity contribution in [3.05, 3.63) is 30.5 Å². The molecule has 0 saturated carbocycles. The van der Waals surface area contributed by atoms with E-state index in [-0.39, 0.29) is 0 Å². The van der Waals surface area contributed by atoms with Crippen LogP contribution < -0.4 is 5.32 Å². The minimum absolute atomic E-state index is 0.533. The summed E-state index contributed by atoms with van der Waals surface area (Å²) in [4.78, 5) is 11.5. The van der Waals surface area contributed by atoms with Gasteiger partial charge in [0.1, 0.15) is 0 Å². The number of likely N-dealkylation sites (tertiary alicyclic amines) is 1. The van der Waals surface area contributed by atoms with Gasteiger partial charge >= 0.3 is 0 Å².